The quantitative estimate of drug-likeness (QED) is 0.849. The van der Waals surface area contributed by atoms with Gasteiger partial charge in [0.1, 0.15) is 4.88 Å². The molecule has 3 nitrogen and oxygen atoms in total. The average Bonchev–Trinajstić information content (AvgIpc) is 2.64. The van der Waals surface area contributed by atoms with Crippen molar-refractivity contribution >= 4 is 17.3 Å². The lowest BCUT2D eigenvalue weighted by molar-refractivity contribution is 0.0701. The first-order valence-electron chi connectivity index (χ1n) is 5.82. The van der Waals surface area contributed by atoms with Crippen molar-refractivity contribution in [3.05, 3.63) is 21.9 Å². The maximum atomic E-state index is 10.9. The predicted octanol–water partition coefficient (Wildman–Crippen LogP) is 3.22. The highest BCUT2D eigenvalue weighted by Gasteiger charge is 2.19. The summed E-state index contributed by atoms with van der Waals surface area (Å²) in [7, 11) is 0. The first-order valence-corrected chi connectivity index (χ1v) is 6.70. The topological polar surface area (TPSA) is 49.3 Å². The van der Waals surface area contributed by atoms with Crippen LogP contribution in [0.3, 0.4) is 0 Å². The Hall–Kier alpha value is -0.870. The molecule has 2 N–H and O–H groups in total. The molecule has 1 aromatic rings. The van der Waals surface area contributed by atoms with Gasteiger partial charge in [-0.2, -0.15) is 0 Å². The molecule has 0 saturated carbocycles. The van der Waals surface area contributed by atoms with Gasteiger partial charge in [-0.1, -0.05) is 27.7 Å². The van der Waals surface area contributed by atoms with Gasteiger partial charge in [0.2, 0.25) is 0 Å². The van der Waals surface area contributed by atoms with Crippen LogP contribution >= 0.6 is 11.3 Å². The lowest BCUT2D eigenvalue weighted by Gasteiger charge is -2.27. The normalized spacial score (nSPS) is 13.6. The third-order valence-corrected chi connectivity index (χ3v) is 4.13. The maximum Gasteiger partial charge on any atom is 0.346 e. The number of carboxylic acids is 1. The van der Waals surface area contributed by atoms with Gasteiger partial charge in [0, 0.05) is 6.54 Å². The molecule has 0 radical (unpaired) electrons. The molecule has 17 heavy (non-hydrogen) atoms. The molecule has 1 heterocycles. The minimum atomic E-state index is -0.833. The highest BCUT2D eigenvalue weighted by atomic mass is 32.1. The molecular weight excluding hydrogens is 234 g/mol. The molecule has 0 spiro atoms. The zero-order valence-electron chi connectivity index (χ0n) is 10.9. The van der Waals surface area contributed by atoms with Crippen molar-refractivity contribution in [1.82, 2.24) is 5.32 Å². The zero-order chi connectivity index (χ0) is 13.1. The van der Waals surface area contributed by atoms with E-state index in [9.17, 15) is 4.79 Å². The van der Waals surface area contributed by atoms with Crippen molar-refractivity contribution in [3.63, 3.8) is 0 Å². The molecule has 0 fully saturated rings. The Labute approximate surface area is 107 Å². The van der Waals surface area contributed by atoms with E-state index in [1.54, 1.807) is 0 Å². The van der Waals surface area contributed by atoms with Gasteiger partial charge in [0.05, 0.1) is 0 Å². The number of nitrogens with one attached hydrogen (secondary N) is 1. The highest BCUT2D eigenvalue weighted by Crippen LogP contribution is 2.24. The summed E-state index contributed by atoms with van der Waals surface area (Å²) in [5, 5.41) is 14.1. The van der Waals surface area contributed by atoms with Crippen LogP contribution in [0.15, 0.2) is 11.4 Å². The van der Waals surface area contributed by atoms with E-state index in [0.29, 0.717) is 17.3 Å². The molecule has 0 bridgehead atoms. The zero-order valence-corrected chi connectivity index (χ0v) is 11.7. The predicted molar refractivity (Wildman–Crippen MR) is 71.6 cm³/mol. The molecule has 0 amide bonds. The van der Waals surface area contributed by atoms with Crippen LogP contribution in [0, 0.1) is 11.3 Å². The van der Waals surface area contributed by atoms with E-state index in [4.69, 9.17) is 5.11 Å². The number of aromatic carboxylic acids is 1. The summed E-state index contributed by atoms with van der Waals surface area (Å²) in [6, 6.07) is 1.88. The van der Waals surface area contributed by atoms with Gasteiger partial charge in [0.15, 0.2) is 0 Å². The van der Waals surface area contributed by atoms with Crippen molar-refractivity contribution in [2.75, 3.05) is 6.54 Å². The molecule has 0 saturated heterocycles. The minimum absolute atomic E-state index is 0.275. The summed E-state index contributed by atoms with van der Waals surface area (Å²) in [4.78, 5) is 11.4. The van der Waals surface area contributed by atoms with Crippen LogP contribution in [0.5, 0.6) is 0 Å². The fourth-order valence-corrected chi connectivity index (χ4v) is 2.15. The molecule has 1 aromatic heterocycles. The van der Waals surface area contributed by atoms with E-state index in [-0.39, 0.29) is 5.41 Å². The first-order chi connectivity index (χ1) is 7.82. The van der Waals surface area contributed by atoms with E-state index in [1.807, 2.05) is 11.4 Å². The van der Waals surface area contributed by atoms with Gasteiger partial charge in [-0.15, -0.1) is 11.3 Å². The second kappa shape index (κ2) is 5.65. The first kappa shape index (κ1) is 14.2. The van der Waals surface area contributed by atoms with E-state index in [0.717, 1.165) is 12.1 Å². The Morgan fingerprint density at radius 2 is 2.18 bits per heavy atom. The number of rotatable bonds is 5. The fourth-order valence-electron chi connectivity index (χ4n) is 1.39. The molecule has 0 aromatic carbocycles. The number of carboxylic acid groups (broad SMARTS) is 1. The van der Waals surface area contributed by atoms with Crippen LogP contribution in [-0.2, 0) is 6.54 Å². The van der Waals surface area contributed by atoms with Gasteiger partial charge in [-0.3, -0.25) is 0 Å². The molecule has 0 aliphatic heterocycles. The lowest BCUT2D eigenvalue weighted by atomic mass is 9.82. The van der Waals surface area contributed by atoms with Crippen LogP contribution in [0.1, 0.15) is 42.9 Å². The minimum Gasteiger partial charge on any atom is -0.477 e. The summed E-state index contributed by atoms with van der Waals surface area (Å²) in [5.41, 5.74) is 1.15. The van der Waals surface area contributed by atoms with Crippen LogP contribution in [0.4, 0.5) is 0 Å². The Bertz CT molecular complexity index is 379. The van der Waals surface area contributed by atoms with E-state index < -0.39 is 5.97 Å². The monoisotopic (exact) mass is 255 g/mol. The Morgan fingerprint density at radius 3 is 2.71 bits per heavy atom. The summed E-state index contributed by atoms with van der Waals surface area (Å²) in [6.07, 6.45) is 0. The largest absolute Gasteiger partial charge is 0.477 e. The van der Waals surface area contributed by atoms with Crippen molar-refractivity contribution in [2.45, 2.75) is 34.2 Å². The van der Waals surface area contributed by atoms with Crippen molar-refractivity contribution in [2.24, 2.45) is 11.3 Å². The SMILES string of the molecule is CC(CNCc1ccsc1C(=O)O)C(C)(C)C. The Balaban J connectivity index is 2.46. The van der Waals surface area contributed by atoms with Gasteiger partial charge in [-0.25, -0.2) is 4.79 Å². The molecule has 4 heteroatoms. The summed E-state index contributed by atoms with van der Waals surface area (Å²) in [5.74, 6) is -0.282. The van der Waals surface area contributed by atoms with Crippen LogP contribution in [0.25, 0.3) is 0 Å². The van der Waals surface area contributed by atoms with Gasteiger partial charge in [0.25, 0.3) is 0 Å². The van der Waals surface area contributed by atoms with E-state index in [2.05, 4.69) is 33.0 Å². The van der Waals surface area contributed by atoms with Crippen LogP contribution < -0.4 is 5.32 Å². The van der Waals surface area contributed by atoms with E-state index in [1.165, 1.54) is 11.3 Å². The molecule has 1 rings (SSSR count). The van der Waals surface area contributed by atoms with Gasteiger partial charge < -0.3 is 10.4 Å². The van der Waals surface area contributed by atoms with Crippen LogP contribution in [-0.4, -0.2) is 17.6 Å². The second-order valence-corrected chi connectivity index (χ2v) is 6.39. The molecule has 0 aliphatic rings. The third kappa shape index (κ3) is 4.13. The molecule has 96 valence electrons. The maximum absolute atomic E-state index is 10.9. The van der Waals surface area contributed by atoms with E-state index >= 15 is 0 Å². The average molecular weight is 255 g/mol. The van der Waals surface area contributed by atoms with Crippen molar-refractivity contribution in [3.8, 4) is 0 Å². The summed E-state index contributed by atoms with van der Waals surface area (Å²) in [6.45, 7) is 10.4. The summed E-state index contributed by atoms with van der Waals surface area (Å²) < 4.78 is 0. The second-order valence-electron chi connectivity index (χ2n) is 5.48. The standard InChI is InChI=1S/C13H21NO2S/c1-9(13(2,3)4)7-14-8-10-5-6-17-11(10)12(15)16/h5-6,9,14H,7-8H2,1-4H3,(H,15,16). The van der Waals surface area contributed by atoms with Crippen molar-refractivity contribution in [1.29, 1.82) is 0 Å². The molecule has 1 unspecified atom stereocenters. The number of thiophene rings is 1. The number of hydrogen-bond donors (Lipinski definition) is 2. The molecular formula is C13H21NO2S. The van der Waals surface area contributed by atoms with Gasteiger partial charge in [-0.05, 0) is 34.9 Å². The number of hydrogen-bond acceptors (Lipinski definition) is 3. The Kier molecular flexibility index (Phi) is 4.71. The third-order valence-electron chi connectivity index (χ3n) is 3.19. The van der Waals surface area contributed by atoms with Crippen molar-refractivity contribution < 1.29 is 9.90 Å². The van der Waals surface area contributed by atoms with Crippen LogP contribution in [0.2, 0.25) is 0 Å². The molecule has 0 aliphatic carbocycles. The highest BCUT2D eigenvalue weighted by molar-refractivity contribution is 7.12. The fraction of sp³-hybridized carbons (Fsp3) is 0.615. The lowest BCUT2D eigenvalue weighted by Crippen LogP contribution is -2.29. The molecule has 1 atom stereocenters. The smallest absolute Gasteiger partial charge is 0.346 e. The van der Waals surface area contributed by atoms with Gasteiger partial charge >= 0.3 is 5.97 Å². The number of carbonyl (C=O) groups is 1. The summed E-state index contributed by atoms with van der Waals surface area (Å²) >= 11 is 1.28. The Morgan fingerprint density at radius 1 is 1.53 bits per heavy atom.